The minimum absolute atomic E-state index is 0.0126. The van der Waals surface area contributed by atoms with Crippen LogP contribution in [0, 0.1) is 0 Å². The first kappa shape index (κ1) is 14.2. The van der Waals surface area contributed by atoms with Crippen LogP contribution in [-0.2, 0) is 4.79 Å². The predicted octanol–water partition coefficient (Wildman–Crippen LogP) is 3.07. The van der Waals surface area contributed by atoms with E-state index in [9.17, 15) is 4.79 Å². The summed E-state index contributed by atoms with van der Waals surface area (Å²) in [5, 5.41) is 0.0689. The Balaban J connectivity index is 1.85. The van der Waals surface area contributed by atoms with Crippen molar-refractivity contribution in [1.82, 2.24) is 4.90 Å². The molecule has 0 heterocycles. The molecule has 19 heavy (non-hydrogen) atoms. The molecule has 1 amide bonds. The van der Waals surface area contributed by atoms with E-state index in [-0.39, 0.29) is 23.9 Å². The molecule has 104 valence electrons. The SMILES string of the molecule is CN(C(=O)COc1ccccc1)C1CCCCC1Cl. The number of carbonyl (C=O) groups excluding carboxylic acids is 1. The van der Waals surface area contributed by atoms with Gasteiger partial charge in [0.2, 0.25) is 0 Å². The van der Waals surface area contributed by atoms with Crippen LogP contribution in [0.25, 0.3) is 0 Å². The summed E-state index contributed by atoms with van der Waals surface area (Å²) in [6.45, 7) is 0.0701. The molecule has 2 unspecified atom stereocenters. The maximum Gasteiger partial charge on any atom is 0.260 e. The number of rotatable bonds is 4. The van der Waals surface area contributed by atoms with E-state index in [4.69, 9.17) is 16.3 Å². The molecule has 1 fully saturated rings. The van der Waals surface area contributed by atoms with Crippen molar-refractivity contribution in [2.24, 2.45) is 0 Å². The highest BCUT2D eigenvalue weighted by Gasteiger charge is 2.29. The third-order valence-corrected chi connectivity index (χ3v) is 4.15. The summed E-state index contributed by atoms with van der Waals surface area (Å²) in [4.78, 5) is 13.9. The number of halogens is 1. The van der Waals surface area contributed by atoms with Crippen molar-refractivity contribution in [3.8, 4) is 5.75 Å². The second kappa shape index (κ2) is 6.80. The lowest BCUT2D eigenvalue weighted by Gasteiger charge is -2.34. The van der Waals surface area contributed by atoms with E-state index >= 15 is 0 Å². The number of amides is 1. The average Bonchev–Trinajstić information content (AvgIpc) is 2.45. The van der Waals surface area contributed by atoms with E-state index in [1.165, 1.54) is 0 Å². The summed E-state index contributed by atoms with van der Waals surface area (Å²) in [5.41, 5.74) is 0. The second-order valence-electron chi connectivity index (χ2n) is 4.97. The van der Waals surface area contributed by atoms with Crippen LogP contribution in [0.15, 0.2) is 30.3 Å². The lowest BCUT2D eigenvalue weighted by molar-refractivity contribution is -0.134. The molecule has 2 atom stereocenters. The zero-order valence-corrected chi connectivity index (χ0v) is 12.0. The van der Waals surface area contributed by atoms with Crippen LogP contribution in [0.2, 0.25) is 0 Å². The van der Waals surface area contributed by atoms with Crippen LogP contribution in [0.4, 0.5) is 0 Å². The first-order chi connectivity index (χ1) is 9.18. The summed E-state index contributed by atoms with van der Waals surface area (Å²) < 4.78 is 5.48. The number of nitrogens with zero attached hydrogens (tertiary/aromatic N) is 1. The molecule has 0 bridgehead atoms. The fraction of sp³-hybridized carbons (Fsp3) is 0.533. The minimum atomic E-state index is -0.0126. The Morgan fingerprint density at radius 1 is 1.32 bits per heavy atom. The Bertz CT molecular complexity index is 410. The van der Waals surface area contributed by atoms with Crippen LogP contribution < -0.4 is 4.74 Å². The third kappa shape index (κ3) is 3.87. The zero-order valence-electron chi connectivity index (χ0n) is 11.2. The van der Waals surface area contributed by atoms with Gasteiger partial charge < -0.3 is 9.64 Å². The lowest BCUT2D eigenvalue weighted by Crippen LogP contribution is -2.46. The standard InChI is InChI=1S/C15H20ClNO2/c1-17(14-10-6-5-9-13(14)16)15(18)11-19-12-7-3-2-4-8-12/h2-4,7-8,13-14H,5-6,9-11H2,1H3. The third-order valence-electron chi connectivity index (χ3n) is 3.64. The lowest BCUT2D eigenvalue weighted by atomic mass is 9.94. The van der Waals surface area contributed by atoms with Gasteiger partial charge in [0.05, 0.1) is 5.38 Å². The first-order valence-electron chi connectivity index (χ1n) is 6.76. The fourth-order valence-electron chi connectivity index (χ4n) is 2.45. The molecular weight excluding hydrogens is 262 g/mol. The van der Waals surface area contributed by atoms with Gasteiger partial charge in [0.15, 0.2) is 6.61 Å². The zero-order chi connectivity index (χ0) is 13.7. The van der Waals surface area contributed by atoms with E-state index < -0.39 is 0 Å². The normalized spacial score (nSPS) is 22.8. The number of ether oxygens (including phenoxy) is 1. The smallest absolute Gasteiger partial charge is 0.260 e. The van der Waals surface area contributed by atoms with Gasteiger partial charge in [-0.3, -0.25) is 4.79 Å². The predicted molar refractivity (Wildman–Crippen MR) is 76.6 cm³/mol. The van der Waals surface area contributed by atoms with Crippen LogP contribution in [-0.4, -0.2) is 35.9 Å². The van der Waals surface area contributed by atoms with E-state index in [1.807, 2.05) is 37.4 Å². The summed E-state index contributed by atoms with van der Waals surface area (Å²) in [6, 6.07) is 9.53. The Hall–Kier alpha value is -1.22. The molecule has 1 aromatic rings. The molecular formula is C15H20ClNO2. The first-order valence-corrected chi connectivity index (χ1v) is 7.19. The Labute approximate surface area is 119 Å². The van der Waals surface area contributed by atoms with Crippen molar-refractivity contribution in [1.29, 1.82) is 0 Å². The van der Waals surface area contributed by atoms with Gasteiger partial charge in [0.1, 0.15) is 5.75 Å². The van der Waals surface area contributed by atoms with Gasteiger partial charge in [-0.05, 0) is 25.0 Å². The molecule has 3 nitrogen and oxygen atoms in total. The highest BCUT2D eigenvalue weighted by molar-refractivity contribution is 6.21. The van der Waals surface area contributed by atoms with Crippen LogP contribution in [0.5, 0.6) is 5.75 Å². The van der Waals surface area contributed by atoms with Gasteiger partial charge in [-0.2, -0.15) is 0 Å². The molecule has 1 saturated carbocycles. The summed E-state index contributed by atoms with van der Waals surface area (Å²) in [7, 11) is 1.82. The minimum Gasteiger partial charge on any atom is -0.484 e. The highest BCUT2D eigenvalue weighted by atomic mass is 35.5. The number of para-hydroxylation sites is 1. The van der Waals surface area contributed by atoms with E-state index in [0.29, 0.717) is 0 Å². The van der Waals surface area contributed by atoms with Crippen LogP contribution in [0.3, 0.4) is 0 Å². The van der Waals surface area contributed by atoms with Gasteiger partial charge >= 0.3 is 0 Å². The quantitative estimate of drug-likeness (QED) is 0.794. The van der Waals surface area contributed by atoms with Crippen molar-refractivity contribution in [2.75, 3.05) is 13.7 Å². The number of likely N-dealkylation sites (N-methyl/N-ethyl adjacent to an activating group) is 1. The average molecular weight is 282 g/mol. The van der Waals surface area contributed by atoms with Gasteiger partial charge in [-0.1, -0.05) is 31.0 Å². The number of alkyl halides is 1. The van der Waals surface area contributed by atoms with Gasteiger partial charge in [-0.15, -0.1) is 11.6 Å². The molecule has 2 rings (SSSR count). The maximum absolute atomic E-state index is 12.1. The molecule has 0 spiro atoms. The van der Waals surface area contributed by atoms with Crippen molar-refractivity contribution in [3.63, 3.8) is 0 Å². The Kier molecular flexibility index (Phi) is 5.08. The summed E-state index contributed by atoms with van der Waals surface area (Å²) >= 11 is 6.30. The van der Waals surface area contributed by atoms with Crippen molar-refractivity contribution in [3.05, 3.63) is 30.3 Å². The molecule has 1 aromatic carbocycles. The number of hydrogen-bond acceptors (Lipinski definition) is 2. The highest BCUT2D eigenvalue weighted by Crippen LogP contribution is 2.26. The molecule has 0 aromatic heterocycles. The number of hydrogen-bond donors (Lipinski definition) is 0. The van der Waals surface area contributed by atoms with E-state index in [2.05, 4.69) is 0 Å². The van der Waals surface area contributed by atoms with Crippen molar-refractivity contribution >= 4 is 17.5 Å². The van der Waals surface area contributed by atoms with Gasteiger partial charge in [0, 0.05) is 13.1 Å². The van der Waals surface area contributed by atoms with Crippen LogP contribution in [0.1, 0.15) is 25.7 Å². The van der Waals surface area contributed by atoms with E-state index in [1.54, 1.807) is 4.90 Å². The topological polar surface area (TPSA) is 29.5 Å². The molecule has 0 N–H and O–H groups in total. The number of carbonyl (C=O) groups is 1. The Morgan fingerprint density at radius 2 is 2.00 bits per heavy atom. The van der Waals surface area contributed by atoms with E-state index in [0.717, 1.165) is 31.4 Å². The van der Waals surface area contributed by atoms with Crippen molar-refractivity contribution in [2.45, 2.75) is 37.1 Å². The second-order valence-corrected chi connectivity index (χ2v) is 5.53. The molecule has 1 aliphatic carbocycles. The molecule has 0 radical (unpaired) electrons. The molecule has 1 aliphatic rings. The fourth-order valence-corrected chi connectivity index (χ4v) is 2.90. The van der Waals surface area contributed by atoms with Crippen molar-refractivity contribution < 1.29 is 9.53 Å². The Morgan fingerprint density at radius 3 is 2.68 bits per heavy atom. The monoisotopic (exact) mass is 281 g/mol. The summed E-state index contributed by atoms with van der Waals surface area (Å²) in [5.74, 6) is 0.705. The molecule has 4 heteroatoms. The summed E-state index contributed by atoms with van der Waals surface area (Å²) in [6.07, 6.45) is 4.28. The largest absolute Gasteiger partial charge is 0.484 e. The molecule has 0 aliphatic heterocycles. The van der Waals surface area contributed by atoms with Gasteiger partial charge in [-0.25, -0.2) is 0 Å². The van der Waals surface area contributed by atoms with Crippen LogP contribution >= 0.6 is 11.6 Å². The molecule has 0 saturated heterocycles. The van der Waals surface area contributed by atoms with Gasteiger partial charge in [0.25, 0.3) is 5.91 Å². The maximum atomic E-state index is 12.1. The number of benzene rings is 1.